The van der Waals surface area contributed by atoms with E-state index in [1.165, 1.54) is 0 Å². The fourth-order valence-electron chi connectivity index (χ4n) is 1.45. The molecule has 0 heterocycles. The minimum atomic E-state index is -4.17. The maximum absolute atomic E-state index is 13.4. The predicted molar refractivity (Wildman–Crippen MR) is 81.4 cm³/mol. The second-order valence-electron chi connectivity index (χ2n) is 4.00. The number of nitrogens with two attached hydrogens (primary N) is 1. The van der Waals surface area contributed by atoms with Gasteiger partial charge in [-0.3, -0.25) is 9.00 Å². The molecule has 1 atom stereocenters. The normalized spacial score (nSPS) is 13.0. The topological polar surface area (TPSA) is 106 Å². The third-order valence-corrected chi connectivity index (χ3v) is 5.85. The number of carbonyl (C=O) groups excluding carboxylic acids is 1. The van der Waals surface area contributed by atoms with E-state index in [1.54, 1.807) is 6.92 Å². The van der Waals surface area contributed by atoms with Gasteiger partial charge in [0.2, 0.25) is 10.0 Å². The number of hydrogen-bond acceptors (Lipinski definition) is 4. The van der Waals surface area contributed by atoms with Crippen LogP contribution in [0.15, 0.2) is 21.5 Å². The lowest BCUT2D eigenvalue weighted by Gasteiger charge is -2.10. The Hall–Kier alpha value is -0.840. The zero-order chi connectivity index (χ0) is 16.2. The maximum Gasteiger partial charge on any atom is 0.252 e. The molecule has 0 aliphatic rings. The molecule has 0 aliphatic heterocycles. The van der Waals surface area contributed by atoms with Gasteiger partial charge in [-0.25, -0.2) is 17.9 Å². The van der Waals surface area contributed by atoms with Crippen molar-refractivity contribution in [2.45, 2.75) is 11.8 Å². The van der Waals surface area contributed by atoms with E-state index < -0.39 is 37.4 Å². The molecule has 0 saturated heterocycles. The van der Waals surface area contributed by atoms with Gasteiger partial charge in [0.1, 0.15) is 5.82 Å². The fraction of sp³-hybridized carbons (Fsp3) is 0.364. The van der Waals surface area contributed by atoms with Crippen molar-refractivity contribution in [3.05, 3.63) is 28.0 Å². The van der Waals surface area contributed by atoms with Crippen molar-refractivity contribution in [3.63, 3.8) is 0 Å². The summed E-state index contributed by atoms with van der Waals surface area (Å²) >= 11 is 2.94. The molecule has 0 fully saturated rings. The maximum atomic E-state index is 13.4. The zero-order valence-corrected chi connectivity index (χ0v) is 14.3. The smallest absolute Gasteiger partial charge is 0.252 e. The van der Waals surface area contributed by atoms with Gasteiger partial charge in [-0.05, 0) is 28.1 Å². The van der Waals surface area contributed by atoms with Gasteiger partial charge in [0.15, 0.2) is 0 Å². The van der Waals surface area contributed by atoms with Crippen molar-refractivity contribution >= 4 is 42.7 Å². The van der Waals surface area contributed by atoms with E-state index in [2.05, 4.69) is 21.2 Å². The lowest BCUT2D eigenvalue weighted by molar-refractivity contribution is 0.0954. The van der Waals surface area contributed by atoms with Crippen LogP contribution >= 0.6 is 15.9 Å². The molecule has 6 nitrogen and oxygen atoms in total. The van der Waals surface area contributed by atoms with Crippen LogP contribution in [0.3, 0.4) is 0 Å². The van der Waals surface area contributed by atoms with Crippen LogP contribution in [0, 0.1) is 5.82 Å². The van der Waals surface area contributed by atoms with E-state index in [-0.39, 0.29) is 22.3 Å². The summed E-state index contributed by atoms with van der Waals surface area (Å²) in [5.74, 6) is -0.851. The standard InChI is InChI=1S/C11H14BrFN2O4S2/c1-2-20(17)4-3-15-11(16)8-5-7(13)6-9(10(8)12)21(14,18)19/h5-6H,2-4H2,1H3,(H,15,16)(H2,14,18,19). The Kier molecular flexibility index (Phi) is 6.44. The molecule has 1 aromatic rings. The van der Waals surface area contributed by atoms with Crippen LogP contribution in [0.2, 0.25) is 0 Å². The minimum Gasteiger partial charge on any atom is -0.351 e. The van der Waals surface area contributed by atoms with Crippen molar-refractivity contribution in [1.82, 2.24) is 5.32 Å². The van der Waals surface area contributed by atoms with Gasteiger partial charge in [-0.15, -0.1) is 0 Å². The molecule has 0 aromatic heterocycles. The fourth-order valence-corrected chi connectivity index (χ4v) is 3.80. The van der Waals surface area contributed by atoms with Crippen molar-refractivity contribution in [2.24, 2.45) is 5.14 Å². The quantitative estimate of drug-likeness (QED) is 0.733. The molecule has 1 unspecified atom stereocenters. The molecule has 1 amide bonds. The highest BCUT2D eigenvalue weighted by atomic mass is 79.9. The number of carbonyl (C=O) groups is 1. The lowest BCUT2D eigenvalue weighted by Crippen LogP contribution is -2.29. The first-order chi connectivity index (χ1) is 9.66. The molecule has 1 aromatic carbocycles. The van der Waals surface area contributed by atoms with Gasteiger partial charge in [-0.1, -0.05) is 6.92 Å². The van der Waals surface area contributed by atoms with Crippen molar-refractivity contribution in [3.8, 4) is 0 Å². The molecule has 118 valence electrons. The van der Waals surface area contributed by atoms with Crippen LogP contribution in [-0.4, -0.2) is 36.6 Å². The van der Waals surface area contributed by atoms with Gasteiger partial charge in [0.25, 0.3) is 5.91 Å². The van der Waals surface area contributed by atoms with Crippen LogP contribution in [0.1, 0.15) is 17.3 Å². The Balaban J connectivity index is 3.00. The van der Waals surface area contributed by atoms with E-state index in [1.807, 2.05) is 0 Å². The van der Waals surface area contributed by atoms with Gasteiger partial charge < -0.3 is 5.32 Å². The van der Waals surface area contributed by atoms with Crippen LogP contribution in [0.25, 0.3) is 0 Å². The number of halogens is 2. The Bertz CT molecular complexity index is 679. The second-order valence-corrected chi connectivity index (χ2v) is 8.19. The highest BCUT2D eigenvalue weighted by molar-refractivity contribution is 9.10. The molecule has 0 saturated carbocycles. The Morgan fingerprint density at radius 3 is 2.62 bits per heavy atom. The number of nitrogens with one attached hydrogen (secondary N) is 1. The molecule has 21 heavy (non-hydrogen) atoms. The first kappa shape index (κ1) is 18.2. The Morgan fingerprint density at radius 2 is 2.10 bits per heavy atom. The summed E-state index contributed by atoms with van der Waals surface area (Å²) in [6.45, 7) is 1.88. The van der Waals surface area contributed by atoms with E-state index >= 15 is 0 Å². The molecule has 1 rings (SSSR count). The number of hydrogen-bond donors (Lipinski definition) is 2. The molecule has 0 radical (unpaired) electrons. The van der Waals surface area contributed by atoms with E-state index in [4.69, 9.17) is 5.14 Å². The predicted octanol–water partition coefficient (Wildman–Crippen LogP) is 0.734. The number of amides is 1. The minimum absolute atomic E-state index is 0.111. The third-order valence-electron chi connectivity index (χ3n) is 2.49. The Labute approximate surface area is 132 Å². The SMILES string of the molecule is CCS(=O)CCNC(=O)c1cc(F)cc(S(N)(=O)=O)c1Br. The molecule has 0 bridgehead atoms. The van der Waals surface area contributed by atoms with Gasteiger partial charge >= 0.3 is 0 Å². The third kappa shape index (κ3) is 5.13. The molecule has 0 aliphatic carbocycles. The average molecular weight is 401 g/mol. The summed E-state index contributed by atoms with van der Waals surface area (Å²) < 4.78 is 47.2. The van der Waals surface area contributed by atoms with Gasteiger partial charge in [0.05, 0.1) is 14.9 Å². The summed E-state index contributed by atoms with van der Waals surface area (Å²) in [6, 6.07) is 1.62. The number of benzene rings is 1. The van der Waals surface area contributed by atoms with Crippen LogP contribution in [0.4, 0.5) is 4.39 Å². The summed E-state index contributed by atoms with van der Waals surface area (Å²) in [7, 11) is -5.21. The highest BCUT2D eigenvalue weighted by Gasteiger charge is 2.21. The largest absolute Gasteiger partial charge is 0.351 e. The lowest BCUT2D eigenvalue weighted by atomic mass is 10.2. The average Bonchev–Trinajstić information content (AvgIpc) is 2.39. The van der Waals surface area contributed by atoms with Gasteiger partial charge in [-0.2, -0.15) is 0 Å². The van der Waals surface area contributed by atoms with Crippen molar-refractivity contribution < 1.29 is 21.8 Å². The molecular formula is C11H14BrFN2O4S2. The van der Waals surface area contributed by atoms with E-state index in [9.17, 15) is 21.8 Å². The van der Waals surface area contributed by atoms with Crippen molar-refractivity contribution in [1.29, 1.82) is 0 Å². The summed E-state index contributed by atoms with van der Waals surface area (Å²) in [6.07, 6.45) is 0. The Morgan fingerprint density at radius 1 is 1.48 bits per heavy atom. The first-order valence-electron chi connectivity index (χ1n) is 5.81. The molecular weight excluding hydrogens is 387 g/mol. The van der Waals surface area contributed by atoms with E-state index in [0.717, 1.165) is 12.1 Å². The molecule has 0 spiro atoms. The highest BCUT2D eigenvalue weighted by Crippen LogP contribution is 2.26. The summed E-state index contributed by atoms with van der Waals surface area (Å²) in [4.78, 5) is 11.4. The number of primary sulfonamides is 1. The summed E-state index contributed by atoms with van der Waals surface area (Å²) in [5, 5.41) is 7.40. The number of rotatable bonds is 6. The van der Waals surface area contributed by atoms with Crippen LogP contribution < -0.4 is 10.5 Å². The van der Waals surface area contributed by atoms with Crippen LogP contribution in [-0.2, 0) is 20.8 Å². The van der Waals surface area contributed by atoms with Crippen molar-refractivity contribution in [2.75, 3.05) is 18.1 Å². The summed E-state index contributed by atoms with van der Waals surface area (Å²) in [5.41, 5.74) is -0.193. The van der Waals surface area contributed by atoms with Crippen LogP contribution in [0.5, 0.6) is 0 Å². The monoisotopic (exact) mass is 400 g/mol. The zero-order valence-electron chi connectivity index (χ0n) is 11.1. The number of sulfonamides is 1. The molecule has 3 N–H and O–H groups in total. The second kappa shape index (κ2) is 7.43. The van der Waals surface area contributed by atoms with Gasteiger partial charge in [0, 0.05) is 28.9 Å². The van der Waals surface area contributed by atoms with E-state index in [0.29, 0.717) is 5.75 Å². The first-order valence-corrected chi connectivity index (χ1v) is 9.64. The molecule has 10 heteroatoms.